The van der Waals surface area contributed by atoms with Crippen LogP contribution in [0.25, 0.3) is 0 Å². The van der Waals surface area contributed by atoms with Crippen molar-refractivity contribution in [2.45, 2.75) is 45.3 Å². The first-order valence-electron chi connectivity index (χ1n) is 5.20. The highest BCUT2D eigenvalue weighted by atomic mass is 19.1. The fourth-order valence-corrected chi connectivity index (χ4v) is 1.92. The lowest BCUT2D eigenvalue weighted by atomic mass is 9.93. The lowest BCUT2D eigenvalue weighted by Crippen LogP contribution is -2.46. The molecule has 0 amide bonds. The predicted molar refractivity (Wildman–Crippen MR) is 55.6 cm³/mol. The molecule has 13 heavy (non-hydrogen) atoms. The highest BCUT2D eigenvalue weighted by Gasteiger charge is 2.41. The number of likely N-dealkylation sites (tertiary alicyclic amines) is 1. The summed E-state index contributed by atoms with van der Waals surface area (Å²) in [5.41, 5.74) is 5.57. The van der Waals surface area contributed by atoms with E-state index in [2.05, 4.69) is 11.8 Å². The standard InChI is InChI=1S/C8H17FN2.C2H6/c1-3-8(6-10)4-7(9)5-11(8)2;1-2/h7H,3-6,10H2,1-2H3;1-2H3. The Bertz CT molecular complexity index is 135. The van der Waals surface area contributed by atoms with Gasteiger partial charge in [0.2, 0.25) is 0 Å². The first-order chi connectivity index (χ1) is 6.14. The van der Waals surface area contributed by atoms with Gasteiger partial charge in [-0.2, -0.15) is 0 Å². The van der Waals surface area contributed by atoms with E-state index in [0.29, 0.717) is 19.5 Å². The second-order valence-corrected chi connectivity index (χ2v) is 3.46. The molecule has 80 valence electrons. The molecule has 1 heterocycles. The van der Waals surface area contributed by atoms with Crippen molar-refractivity contribution in [3.63, 3.8) is 0 Å². The van der Waals surface area contributed by atoms with Crippen LogP contribution in [-0.4, -0.2) is 36.7 Å². The van der Waals surface area contributed by atoms with Gasteiger partial charge in [0.15, 0.2) is 0 Å². The third-order valence-electron chi connectivity index (χ3n) is 2.92. The van der Waals surface area contributed by atoms with Crippen molar-refractivity contribution in [3.8, 4) is 0 Å². The van der Waals surface area contributed by atoms with E-state index < -0.39 is 6.17 Å². The van der Waals surface area contributed by atoms with Gasteiger partial charge in [0.25, 0.3) is 0 Å². The first kappa shape index (κ1) is 12.8. The Morgan fingerprint density at radius 1 is 1.54 bits per heavy atom. The van der Waals surface area contributed by atoms with Gasteiger partial charge in [-0.25, -0.2) is 4.39 Å². The number of nitrogens with zero attached hydrogens (tertiary/aromatic N) is 1. The monoisotopic (exact) mass is 190 g/mol. The van der Waals surface area contributed by atoms with Gasteiger partial charge in [-0.05, 0) is 19.9 Å². The second kappa shape index (κ2) is 5.55. The van der Waals surface area contributed by atoms with Crippen LogP contribution in [0.1, 0.15) is 33.6 Å². The lowest BCUT2D eigenvalue weighted by Gasteiger charge is -2.33. The SMILES string of the molecule is CC.CCC1(CN)CC(F)CN1C. The molecule has 1 saturated heterocycles. The van der Waals surface area contributed by atoms with Crippen LogP contribution in [0.3, 0.4) is 0 Å². The normalized spacial score (nSPS) is 34.2. The number of rotatable bonds is 2. The lowest BCUT2D eigenvalue weighted by molar-refractivity contribution is 0.175. The van der Waals surface area contributed by atoms with Crippen LogP contribution in [0.15, 0.2) is 0 Å². The van der Waals surface area contributed by atoms with Gasteiger partial charge in [-0.15, -0.1) is 0 Å². The Labute approximate surface area is 81.3 Å². The zero-order valence-electron chi connectivity index (χ0n) is 9.31. The maximum atomic E-state index is 12.9. The molecule has 0 radical (unpaired) electrons. The third kappa shape index (κ3) is 2.64. The molecule has 0 aromatic carbocycles. The van der Waals surface area contributed by atoms with Crippen LogP contribution in [0.4, 0.5) is 4.39 Å². The van der Waals surface area contributed by atoms with Gasteiger partial charge >= 0.3 is 0 Å². The smallest absolute Gasteiger partial charge is 0.115 e. The van der Waals surface area contributed by atoms with Crippen molar-refractivity contribution in [2.24, 2.45) is 5.73 Å². The highest BCUT2D eigenvalue weighted by Crippen LogP contribution is 2.31. The highest BCUT2D eigenvalue weighted by molar-refractivity contribution is 4.97. The fraction of sp³-hybridized carbons (Fsp3) is 1.00. The number of alkyl halides is 1. The van der Waals surface area contributed by atoms with Crippen LogP contribution < -0.4 is 5.73 Å². The predicted octanol–water partition coefficient (Wildman–Crippen LogP) is 1.79. The van der Waals surface area contributed by atoms with E-state index in [9.17, 15) is 4.39 Å². The van der Waals surface area contributed by atoms with Gasteiger partial charge in [-0.3, -0.25) is 4.90 Å². The summed E-state index contributed by atoms with van der Waals surface area (Å²) in [5.74, 6) is 0. The molecule has 2 unspecified atom stereocenters. The van der Waals surface area contributed by atoms with E-state index >= 15 is 0 Å². The van der Waals surface area contributed by atoms with Crippen molar-refractivity contribution in [1.29, 1.82) is 0 Å². The molecule has 0 spiro atoms. The van der Waals surface area contributed by atoms with Gasteiger partial charge in [0, 0.05) is 18.6 Å². The maximum absolute atomic E-state index is 12.9. The Kier molecular flexibility index (Phi) is 5.49. The molecule has 2 nitrogen and oxygen atoms in total. The molecular formula is C10H23FN2. The summed E-state index contributed by atoms with van der Waals surface area (Å²) in [6, 6.07) is 0. The third-order valence-corrected chi connectivity index (χ3v) is 2.92. The molecule has 2 atom stereocenters. The van der Waals surface area contributed by atoms with Crippen LogP contribution in [0, 0.1) is 0 Å². The zero-order chi connectivity index (χ0) is 10.5. The molecule has 1 aliphatic rings. The zero-order valence-corrected chi connectivity index (χ0v) is 9.31. The quantitative estimate of drug-likeness (QED) is 0.719. The minimum atomic E-state index is -0.677. The van der Waals surface area contributed by atoms with E-state index in [-0.39, 0.29) is 5.54 Å². The topological polar surface area (TPSA) is 29.3 Å². The molecule has 2 N–H and O–H groups in total. The molecule has 3 heteroatoms. The summed E-state index contributed by atoms with van der Waals surface area (Å²) < 4.78 is 12.9. The minimum Gasteiger partial charge on any atom is -0.329 e. The van der Waals surface area contributed by atoms with Crippen molar-refractivity contribution < 1.29 is 4.39 Å². The van der Waals surface area contributed by atoms with Crippen molar-refractivity contribution in [3.05, 3.63) is 0 Å². The number of hydrogen-bond donors (Lipinski definition) is 1. The number of nitrogens with two attached hydrogens (primary N) is 1. The molecular weight excluding hydrogens is 167 g/mol. The summed E-state index contributed by atoms with van der Waals surface area (Å²) in [5, 5.41) is 0. The molecule has 0 aromatic heterocycles. The number of hydrogen-bond acceptors (Lipinski definition) is 2. The van der Waals surface area contributed by atoms with Crippen molar-refractivity contribution in [2.75, 3.05) is 20.1 Å². The first-order valence-corrected chi connectivity index (χ1v) is 5.20. The van der Waals surface area contributed by atoms with E-state index in [4.69, 9.17) is 5.73 Å². The second-order valence-electron chi connectivity index (χ2n) is 3.46. The summed E-state index contributed by atoms with van der Waals surface area (Å²) >= 11 is 0. The molecule has 0 aliphatic carbocycles. The molecule has 1 aliphatic heterocycles. The fourth-order valence-electron chi connectivity index (χ4n) is 1.92. The Balaban J connectivity index is 0.000000671. The summed E-state index contributed by atoms with van der Waals surface area (Å²) in [4.78, 5) is 2.05. The van der Waals surface area contributed by atoms with Crippen LogP contribution in [0.2, 0.25) is 0 Å². The Morgan fingerprint density at radius 3 is 2.23 bits per heavy atom. The van der Waals surface area contributed by atoms with Crippen molar-refractivity contribution in [1.82, 2.24) is 4.90 Å². The van der Waals surface area contributed by atoms with E-state index in [1.807, 2.05) is 20.9 Å². The molecule has 0 bridgehead atoms. The largest absolute Gasteiger partial charge is 0.329 e. The average molecular weight is 190 g/mol. The van der Waals surface area contributed by atoms with E-state index in [1.165, 1.54) is 0 Å². The Morgan fingerprint density at radius 2 is 2.08 bits per heavy atom. The molecule has 0 saturated carbocycles. The van der Waals surface area contributed by atoms with Crippen molar-refractivity contribution >= 4 is 0 Å². The molecule has 0 aromatic rings. The minimum absolute atomic E-state index is 0.0561. The number of halogens is 1. The van der Waals surface area contributed by atoms with Gasteiger partial charge < -0.3 is 5.73 Å². The van der Waals surface area contributed by atoms with E-state index in [0.717, 1.165) is 6.42 Å². The summed E-state index contributed by atoms with van der Waals surface area (Å²) in [7, 11) is 1.95. The maximum Gasteiger partial charge on any atom is 0.115 e. The molecule has 1 rings (SSSR count). The molecule has 1 fully saturated rings. The van der Waals surface area contributed by atoms with Gasteiger partial charge in [0.1, 0.15) is 6.17 Å². The van der Waals surface area contributed by atoms with Crippen LogP contribution >= 0.6 is 0 Å². The summed E-state index contributed by atoms with van der Waals surface area (Å²) in [6.07, 6.45) is 0.875. The number of likely N-dealkylation sites (N-methyl/N-ethyl adjacent to an activating group) is 1. The van der Waals surface area contributed by atoms with Gasteiger partial charge in [0.05, 0.1) is 0 Å². The Hall–Kier alpha value is -0.150. The van der Waals surface area contributed by atoms with E-state index in [1.54, 1.807) is 0 Å². The van der Waals surface area contributed by atoms with Crippen LogP contribution in [0.5, 0.6) is 0 Å². The summed E-state index contributed by atoms with van der Waals surface area (Å²) in [6.45, 7) is 7.19. The average Bonchev–Trinajstić information content (AvgIpc) is 2.45. The van der Waals surface area contributed by atoms with Gasteiger partial charge in [-0.1, -0.05) is 20.8 Å². The van der Waals surface area contributed by atoms with Crippen LogP contribution in [-0.2, 0) is 0 Å².